The monoisotopic (exact) mass is 429 g/mol. The number of rotatable bonds is 8. The van der Waals surface area contributed by atoms with E-state index in [1.807, 2.05) is 0 Å². The zero-order chi connectivity index (χ0) is 20.1. The second kappa shape index (κ2) is 8.62. The molecule has 0 aliphatic rings. The van der Waals surface area contributed by atoms with Gasteiger partial charge < -0.3 is 4.74 Å². The Hall–Kier alpha value is -1.96. The Morgan fingerprint density at radius 1 is 1.19 bits per heavy atom. The number of nitrogens with zero attached hydrogens (tertiary/aromatic N) is 3. The Morgan fingerprint density at radius 3 is 2.23 bits per heavy atom. The predicted molar refractivity (Wildman–Crippen MR) is 92.2 cm³/mol. The smallest absolute Gasteiger partial charge is 0.440 e. The molecule has 0 saturated carbocycles. The second-order valence-electron chi connectivity index (χ2n) is 4.94. The van der Waals surface area contributed by atoms with E-state index in [0.29, 0.717) is 12.5 Å². The summed E-state index contributed by atoms with van der Waals surface area (Å²) in [6, 6.07) is 5.34. The molecule has 0 radical (unpaired) electrons. The Labute approximate surface area is 155 Å². The number of carbonyl (C=O) groups is 1. The van der Waals surface area contributed by atoms with Gasteiger partial charge in [0.05, 0.1) is 23.0 Å². The number of alkyl halides is 1. The molecular weight excluding hydrogens is 414 g/mol. The van der Waals surface area contributed by atoms with Crippen LogP contribution >= 0.6 is 11.6 Å². The summed E-state index contributed by atoms with van der Waals surface area (Å²) >= 11 is 5.48. The fourth-order valence-electron chi connectivity index (χ4n) is 1.86. The fraction of sp³-hybridized carbons (Fsp3) is 0.417. The highest BCUT2D eigenvalue weighted by molar-refractivity contribution is 7.91. The van der Waals surface area contributed by atoms with Gasteiger partial charge in [0.15, 0.2) is 0 Å². The molecule has 0 spiro atoms. The van der Waals surface area contributed by atoms with Gasteiger partial charge in [0, 0.05) is 18.5 Å². The van der Waals surface area contributed by atoms with Gasteiger partial charge in [0.2, 0.25) is 10.0 Å². The third-order valence-electron chi connectivity index (χ3n) is 2.87. The number of nitro groups is 1. The van der Waals surface area contributed by atoms with E-state index >= 15 is 0 Å². The van der Waals surface area contributed by atoms with E-state index in [1.165, 1.54) is 24.3 Å². The summed E-state index contributed by atoms with van der Waals surface area (Å²) < 4.78 is 52.3. The van der Waals surface area contributed by atoms with Crippen LogP contribution < -0.4 is 0 Å². The number of nitro benzene ring substituents is 1. The van der Waals surface area contributed by atoms with E-state index in [9.17, 15) is 31.7 Å². The van der Waals surface area contributed by atoms with Crippen LogP contribution in [0.2, 0.25) is 0 Å². The van der Waals surface area contributed by atoms with Crippen LogP contribution in [-0.4, -0.2) is 61.6 Å². The summed E-state index contributed by atoms with van der Waals surface area (Å²) in [5.74, 6) is -0.295. The highest BCUT2D eigenvalue weighted by atomic mass is 35.5. The number of carbonyl (C=O) groups excluding carboxylic acids is 1. The van der Waals surface area contributed by atoms with E-state index in [0.717, 1.165) is 0 Å². The van der Waals surface area contributed by atoms with Gasteiger partial charge >= 0.3 is 6.09 Å². The molecule has 0 aliphatic heterocycles. The van der Waals surface area contributed by atoms with Crippen molar-refractivity contribution in [3.8, 4) is 0 Å². The van der Waals surface area contributed by atoms with Crippen molar-refractivity contribution >= 4 is 43.4 Å². The highest BCUT2D eigenvalue weighted by Crippen LogP contribution is 2.20. The zero-order valence-corrected chi connectivity index (χ0v) is 16.1. The molecule has 0 atom stereocenters. The van der Waals surface area contributed by atoms with Gasteiger partial charge in [-0.05, 0) is 6.07 Å². The number of hydrogen-bond acceptors (Lipinski definition) is 8. The number of halogens is 1. The third-order valence-corrected chi connectivity index (χ3v) is 5.23. The largest absolute Gasteiger partial charge is 0.443 e. The first-order valence-electron chi connectivity index (χ1n) is 6.82. The first-order chi connectivity index (χ1) is 11.9. The van der Waals surface area contributed by atoms with Gasteiger partial charge in [-0.2, -0.15) is 0 Å². The molecule has 0 N–H and O–H groups in total. The average molecular weight is 430 g/mol. The maximum absolute atomic E-state index is 12.2. The molecule has 1 aromatic rings. The molecule has 1 rings (SSSR count). The number of hydrogen-bond donors (Lipinski definition) is 0. The predicted octanol–water partition coefficient (Wildman–Crippen LogP) is 0.908. The fourth-order valence-corrected chi connectivity index (χ4v) is 4.34. The SMILES string of the molecule is CS(=O)(=O)N(CCCl)N(C(=O)OCc1ccccc1[N+](=O)[O-])S(C)(=O)=O. The van der Waals surface area contributed by atoms with Crippen LogP contribution in [0.4, 0.5) is 10.5 Å². The van der Waals surface area contributed by atoms with E-state index in [1.54, 1.807) is 0 Å². The number of amides is 1. The molecular formula is C12H16ClN3O8S2. The van der Waals surface area contributed by atoms with Gasteiger partial charge in [-0.1, -0.05) is 16.5 Å². The molecule has 0 aliphatic carbocycles. The first-order valence-corrected chi connectivity index (χ1v) is 11.1. The molecule has 0 unspecified atom stereocenters. The summed E-state index contributed by atoms with van der Waals surface area (Å²) in [6.07, 6.45) is -0.250. The average Bonchev–Trinajstić information content (AvgIpc) is 2.50. The Bertz CT molecular complexity index is 887. The van der Waals surface area contributed by atoms with Gasteiger partial charge in [0.1, 0.15) is 6.61 Å². The highest BCUT2D eigenvalue weighted by Gasteiger charge is 2.37. The van der Waals surface area contributed by atoms with Crippen LogP contribution in [0, 0.1) is 10.1 Å². The van der Waals surface area contributed by atoms with Crippen molar-refractivity contribution < 1.29 is 31.3 Å². The summed E-state index contributed by atoms with van der Waals surface area (Å²) in [7, 11) is -8.56. The number of ether oxygens (including phenoxy) is 1. The maximum atomic E-state index is 12.2. The van der Waals surface area contributed by atoms with Gasteiger partial charge in [-0.25, -0.2) is 21.6 Å². The maximum Gasteiger partial charge on any atom is 0.440 e. The van der Waals surface area contributed by atoms with Crippen molar-refractivity contribution in [2.24, 2.45) is 0 Å². The molecule has 146 valence electrons. The molecule has 0 bridgehead atoms. The lowest BCUT2D eigenvalue weighted by Crippen LogP contribution is -2.52. The molecule has 26 heavy (non-hydrogen) atoms. The molecule has 1 amide bonds. The van der Waals surface area contributed by atoms with Crippen LogP contribution in [0.1, 0.15) is 5.56 Å². The number of sulfonamides is 2. The zero-order valence-electron chi connectivity index (χ0n) is 13.7. The number of hydrazine groups is 1. The second-order valence-corrected chi connectivity index (χ2v) is 9.02. The normalized spacial score (nSPS) is 12.0. The van der Waals surface area contributed by atoms with Crippen LogP contribution in [-0.2, 0) is 31.4 Å². The van der Waals surface area contributed by atoms with Crippen molar-refractivity contribution in [2.75, 3.05) is 24.9 Å². The molecule has 14 heteroatoms. The van der Waals surface area contributed by atoms with Crippen molar-refractivity contribution in [1.29, 1.82) is 0 Å². The van der Waals surface area contributed by atoms with Crippen LogP contribution in [0.25, 0.3) is 0 Å². The van der Waals surface area contributed by atoms with E-state index in [2.05, 4.69) is 0 Å². The lowest BCUT2D eigenvalue weighted by Gasteiger charge is -2.29. The lowest BCUT2D eigenvalue weighted by molar-refractivity contribution is -0.385. The summed E-state index contributed by atoms with van der Waals surface area (Å²) in [6.45, 7) is -1.14. The number of benzene rings is 1. The molecule has 0 aromatic heterocycles. The van der Waals surface area contributed by atoms with Crippen LogP contribution in [0.3, 0.4) is 0 Å². The molecule has 11 nitrogen and oxygen atoms in total. The summed E-state index contributed by atoms with van der Waals surface area (Å²) in [5, 5.41) is 10.9. The van der Waals surface area contributed by atoms with Crippen molar-refractivity contribution in [3.05, 3.63) is 39.9 Å². The Morgan fingerprint density at radius 2 is 1.77 bits per heavy atom. The third kappa shape index (κ3) is 5.79. The minimum Gasteiger partial charge on any atom is -0.443 e. The summed E-state index contributed by atoms with van der Waals surface area (Å²) in [4.78, 5) is 22.5. The quantitative estimate of drug-likeness (QED) is 0.336. The molecule has 0 saturated heterocycles. The Kier molecular flexibility index (Phi) is 7.32. The van der Waals surface area contributed by atoms with Gasteiger partial charge in [-0.3, -0.25) is 10.1 Å². The van der Waals surface area contributed by atoms with Crippen molar-refractivity contribution in [1.82, 2.24) is 8.83 Å². The lowest BCUT2D eigenvalue weighted by atomic mass is 10.2. The number of para-hydroxylation sites is 1. The van der Waals surface area contributed by atoms with Crippen molar-refractivity contribution in [3.63, 3.8) is 0 Å². The molecule has 0 fully saturated rings. The minimum atomic E-state index is -4.39. The standard InChI is InChI=1S/C12H16ClN3O8S2/c1-25(20,21)14(8-7-13)15(26(2,22)23)12(17)24-9-10-5-3-4-6-11(10)16(18)19/h3-6H,7-9H2,1-2H3. The minimum absolute atomic E-state index is 0.00236. The van der Waals surface area contributed by atoms with E-state index in [4.69, 9.17) is 16.3 Å². The topological polar surface area (TPSA) is 144 Å². The van der Waals surface area contributed by atoms with Crippen LogP contribution in [0.5, 0.6) is 0 Å². The van der Waals surface area contributed by atoms with Crippen LogP contribution in [0.15, 0.2) is 24.3 Å². The molecule has 0 heterocycles. The van der Waals surface area contributed by atoms with E-state index < -0.39 is 44.2 Å². The molecule has 1 aromatic carbocycles. The van der Waals surface area contributed by atoms with E-state index in [-0.39, 0.29) is 26.0 Å². The van der Waals surface area contributed by atoms with Gasteiger partial charge in [0.25, 0.3) is 15.7 Å². The van der Waals surface area contributed by atoms with Gasteiger partial charge in [-0.15, -0.1) is 16.0 Å². The Balaban J connectivity index is 3.15. The van der Waals surface area contributed by atoms with Crippen molar-refractivity contribution in [2.45, 2.75) is 6.61 Å². The first kappa shape index (κ1) is 22.1. The summed E-state index contributed by atoms with van der Waals surface area (Å²) in [5.41, 5.74) is -0.338.